The van der Waals surface area contributed by atoms with E-state index in [2.05, 4.69) is 189 Å². The Morgan fingerprint density at radius 2 is 0.775 bits per heavy atom. The number of aliphatic hydroxyl groups excluding tert-OH is 1. The summed E-state index contributed by atoms with van der Waals surface area (Å²) in [6.45, 7) is 4.44. The van der Waals surface area contributed by atoms with Crippen molar-refractivity contribution in [3.63, 3.8) is 0 Å². The second kappa shape index (κ2) is 59.2. The quantitative estimate of drug-likeness (QED) is 0.0272. The molecule has 0 rings (SSSR count). The SMILES string of the molecule is CC/C=C\C/C=C\C/C=C\C/C=C\C/C=C\C/C=C\C/C=C\C/C=C\C/C=C\C/C=C\C/C=C\C/C=C\CCCCC(=O)NC(COP(=O)([O-])OCC[N+](C)(C)C)C(O)/C=C/CC/C=C/CC/C=C/CCCCCCCCCCC. The van der Waals surface area contributed by atoms with Gasteiger partial charge in [0.15, 0.2) is 0 Å². The molecule has 0 aromatic rings. The second-order valence-corrected chi connectivity index (χ2v) is 22.7. The van der Waals surface area contributed by atoms with Crippen molar-refractivity contribution in [3.8, 4) is 0 Å². The minimum absolute atomic E-state index is 0.0280. The zero-order chi connectivity index (χ0) is 58.4. The highest BCUT2D eigenvalue weighted by atomic mass is 31.2. The van der Waals surface area contributed by atoms with Crippen molar-refractivity contribution >= 4 is 13.7 Å². The smallest absolute Gasteiger partial charge is 0.268 e. The first-order valence-corrected chi connectivity index (χ1v) is 32.6. The van der Waals surface area contributed by atoms with Crippen molar-refractivity contribution in [2.24, 2.45) is 0 Å². The van der Waals surface area contributed by atoms with Gasteiger partial charge in [0.2, 0.25) is 5.91 Å². The van der Waals surface area contributed by atoms with Crippen LogP contribution in [0.4, 0.5) is 0 Å². The predicted octanol–water partition coefficient (Wildman–Crippen LogP) is 19.1. The Kier molecular flexibility index (Phi) is 56.0. The van der Waals surface area contributed by atoms with Crippen molar-refractivity contribution in [1.29, 1.82) is 0 Å². The Hall–Kier alpha value is -4.40. The first-order chi connectivity index (χ1) is 39.0. The van der Waals surface area contributed by atoms with Gasteiger partial charge in [-0.3, -0.25) is 9.36 Å². The number of carbonyl (C=O) groups excluding carboxylic acids is 1. The zero-order valence-electron chi connectivity index (χ0n) is 51.2. The summed E-state index contributed by atoms with van der Waals surface area (Å²) in [6.07, 6.45) is 95.6. The number of hydrogen-bond acceptors (Lipinski definition) is 6. The molecule has 0 spiro atoms. The lowest BCUT2D eigenvalue weighted by molar-refractivity contribution is -0.870. The van der Waals surface area contributed by atoms with Crippen molar-refractivity contribution in [2.75, 3.05) is 40.9 Å². The molecule has 450 valence electrons. The summed E-state index contributed by atoms with van der Waals surface area (Å²) in [5.74, 6) is -0.262. The molecule has 3 atom stereocenters. The number of quaternary nitrogens is 1. The number of unbranched alkanes of at least 4 members (excludes halogenated alkanes) is 13. The van der Waals surface area contributed by atoms with Gasteiger partial charge in [0.1, 0.15) is 13.2 Å². The third-order valence-electron chi connectivity index (χ3n) is 12.6. The lowest BCUT2D eigenvalue weighted by Gasteiger charge is -2.29. The van der Waals surface area contributed by atoms with Gasteiger partial charge in [0.25, 0.3) is 7.82 Å². The van der Waals surface area contributed by atoms with Crippen LogP contribution in [0.5, 0.6) is 0 Å². The summed E-state index contributed by atoms with van der Waals surface area (Å²) in [5.41, 5.74) is 0. The summed E-state index contributed by atoms with van der Waals surface area (Å²) < 4.78 is 23.3. The first kappa shape index (κ1) is 75.6. The van der Waals surface area contributed by atoms with Crippen LogP contribution in [0.25, 0.3) is 0 Å². The van der Waals surface area contributed by atoms with Crippen LogP contribution in [0.15, 0.2) is 182 Å². The van der Waals surface area contributed by atoms with Crippen LogP contribution >= 0.6 is 7.82 Å². The predicted molar refractivity (Wildman–Crippen MR) is 347 cm³/mol. The van der Waals surface area contributed by atoms with Crippen LogP contribution < -0.4 is 10.2 Å². The van der Waals surface area contributed by atoms with Crippen molar-refractivity contribution in [2.45, 2.75) is 219 Å². The third kappa shape index (κ3) is 61.2. The van der Waals surface area contributed by atoms with Crippen LogP contribution in [0.3, 0.4) is 0 Å². The maximum Gasteiger partial charge on any atom is 0.268 e. The molecular weight excluding hydrogens is 1010 g/mol. The molecule has 9 heteroatoms. The number of allylic oxidation sites excluding steroid dienone is 29. The highest BCUT2D eigenvalue weighted by molar-refractivity contribution is 7.45. The molecule has 0 aromatic carbocycles. The van der Waals surface area contributed by atoms with Crippen molar-refractivity contribution in [3.05, 3.63) is 182 Å². The van der Waals surface area contributed by atoms with Gasteiger partial charge in [0, 0.05) is 6.42 Å². The number of phosphoric acid groups is 1. The number of likely N-dealkylation sites (N-methyl/N-ethyl adjacent to an activating group) is 1. The van der Waals surface area contributed by atoms with E-state index in [1.54, 1.807) is 6.08 Å². The van der Waals surface area contributed by atoms with Gasteiger partial charge in [-0.2, -0.15) is 0 Å². The monoisotopic (exact) mass is 1120 g/mol. The van der Waals surface area contributed by atoms with Crippen molar-refractivity contribution in [1.82, 2.24) is 5.32 Å². The zero-order valence-corrected chi connectivity index (χ0v) is 52.1. The fourth-order valence-electron chi connectivity index (χ4n) is 7.75. The van der Waals surface area contributed by atoms with E-state index in [-0.39, 0.29) is 18.9 Å². The maximum absolute atomic E-state index is 13.0. The number of amides is 1. The summed E-state index contributed by atoms with van der Waals surface area (Å²) >= 11 is 0. The standard InChI is InChI=1S/C71H115N2O6P/c1-6-8-10-12-14-16-18-20-22-24-26-27-28-29-30-31-32-33-34-35-36-37-38-39-40-41-42-43-44-45-47-49-51-53-55-57-59-61-63-65-71(75)72-69(68-79-80(76,77)78-67-66-73(3,4)5)70(74)64-62-60-58-56-54-52-50-48-46-25-23-21-19-17-15-13-11-9-7-2/h8,10,14,16,20,22,26-27,29-30,32-33,35-36,38-39,41-42,44-46,48-49,51,54-57,62,64,69-70,74H,6-7,9,11-13,15,17-19,21,23-25,28,31,34,37,40,43,47,50,52-53,58-61,63,65-68H2,1-5H3,(H-,72,75,76,77)/b10-8-,16-14-,22-20-,27-26-,30-29-,33-32-,36-35-,39-38-,42-41-,45-44-,48-46+,51-49-,56-54+,57-55-,64-62+. The van der Waals surface area contributed by atoms with Gasteiger partial charge in [-0.05, 0) is 135 Å². The number of carbonyl (C=O) groups is 1. The summed E-state index contributed by atoms with van der Waals surface area (Å²) in [5, 5.41) is 13.8. The normalized spacial score (nSPS) is 15.0. The number of nitrogens with one attached hydrogen (secondary N) is 1. The molecule has 3 unspecified atom stereocenters. The molecule has 0 aliphatic carbocycles. The average Bonchev–Trinajstić information content (AvgIpc) is 3.42. The molecule has 0 radical (unpaired) electrons. The van der Waals surface area contributed by atoms with E-state index in [4.69, 9.17) is 9.05 Å². The molecule has 0 aliphatic heterocycles. The van der Waals surface area contributed by atoms with Gasteiger partial charge >= 0.3 is 0 Å². The van der Waals surface area contributed by atoms with Crippen LogP contribution in [-0.4, -0.2) is 68.5 Å². The molecule has 0 saturated heterocycles. The maximum atomic E-state index is 13.0. The fraction of sp³-hybridized carbons (Fsp3) is 0.563. The highest BCUT2D eigenvalue weighted by Gasteiger charge is 2.23. The minimum atomic E-state index is -4.64. The summed E-state index contributed by atoms with van der Waals surface area (Å²) in [7, 11) is 1.18. The topological polar surface area (TPSA) is 108 Å². The second-order valence-electron chi connectivity index (χ2n) is 21.3. The van der Waals surface area contributed by atoms with Crippen LogP contribution in [-0.2, 0) is 18.4 Å². The molecule has 8 nitrogen and oxygen atoms in total. The van der Waals surface area contributed by atoms with Crippen LogP contribution in [0.2, 0.25) is 0 Å². The number of nitrogens with zero attached hydrogens (tertiary/aromatic N) is 1. The third-order valence-corrected chi connectivity index (χ3v) is 13.5. The van der Waals surface area contributed by atoms with Gasteiger partial charge in [0.05, 0.1) is 39.9 Å². The Bertz CT molecular complexity index is 1950. The minimum Gasteiger partial charge on any atom is -0.756 e. The largest absolute Gasteiger partial charge is 0.756 e. The highest BCUT2D eigenvalue weighted by Crippen LogP contribution is 2.38. The van der Waals surface area contributed by atoms with E-state index >= 15 is 0 Å². The molecule has 1 amide bonds. The Labute approximate surface area is 491 Å². The van der Waals surface area contributed by atoms with Gasteiger partial charge in [-0.15, -0.1) is 0 Å². The van der Waals surface area contributed by atoms with E-state index < -0.39 is 26.6 Å². The number of hydrogen-bond donors (Lipinski definition) is 2. The van der Waals surface area contributed by atoms with Crippen LogP contribution in [0, 0.1) is 0 Å². The molecular formula is C71H115N2O6P. The Morgan fingerprint density at radius 3 is 1.16 bits per heavy atom. The number of aliphatic hydroxyl groups is 1. The Morgan fingerprint density at radius 1 is 0.450 bits per heavy atom. The first-order valence-electron chi connectivity index (χ1n) is 31.1. The molecule has 0 bridgehead atoms. The molecule has 0 aliphatic rings. The number of phosphoric ester groups is 1. The van der Waals surface area contributed by atoms with Crippen LogP contribution in [0.1, 0.15) is 206 Å². The Balaban J connectivity index is 4.34. The lowest BCUT2D eigenvalue weighted by atomic mass is 10.1. The van der Waals surface area contributed by atoms with E-state index in [0.717, 1.165) is 116 Å². The molecule has 0 heterocycles. The molecule has 0 aromatic heterocycles. The summed E-state index contributed by atoms with van der Waals surface area (Å²) in [6, 6.07) is -0.948. The fourth-order valence-corrected chi connectivity index (χ4v) is 8.48. The summed E-state index contributed by atoms with van der Waals surface area (Å²) in [4.78, 5) is 25.5. The average molecular weight is 1120 g/mol. The number of rotatable bonds is 54. The molecule has 0 saturated carbocycles. The van der Waals surface area contributed by atoms with Gasteiger partial charge < -0.3 is 28.8 Å². The van der Waals surface area contributed by atoms with Gasteiger partial charge in [-0.1, -0.05) is 247 Å². The van der Waals surface area contributed by atoms with E-state index in [9.17, 15) is 19.4 Å². The molecule has 2 N–H and O–H groups in total. The van der Waals surface area contributed by atoms with Crippen molar-refractivity contribution < 1.29 is 32.9 Å². The van der Waals surface area contributed by atoms with E-state index in [1.807, 2.05) is 27.2 Å². The van der Waals surface area contributed by atoms with E-state index in [1.165, 1.54) is 57.8 Å². The lowest BCUT2D eigenvalue weighted by Crippen LogP contribution is -2.45. The van der Waals surface area contributed by atoms with E-state index in [0.29, 0.717) is 23.9 Å². The molecule has 0 fully saturated rings. The van der Waals surface area contributed by atoms with Gasteiger partial charge in [-0.25, -0.2) is 0 Å². The molecule has 80 heavy (non-hydrogen) atoms.